The molecule has 4 aromatic rings. The summed E-state index contributed by atoms with van der Waals surface area (Å²) < 4.78 is 19.0. The number of rotatable bonds is 5. The molecule has 2 aliphatic heterocycles. The average Bonchev–Trinajstić information content (AvgIpc) is 3.55. The molecule has 3 aliphatic rings. The molecule has 216 valence electrons. The fourth-order valence-corrected chi connectivity index (χ4v) is 6.93. The van der Waals surface area contributed by atoms with E-state index in [4.69, 9.17) is 4.98 Å². The van der Waals surface area contributed by atoms with E-state index in [1.807, 2.05) is 19.1 Å². The lowest BCUT2D eigenvalue weighted by atomic mass is 9.98. The molecule has 1 amide bonds. The van der Waals surface area contributed by atoms with Gasteiger partial charge in [0.1, 0.15) is 11.5 Å². The number of hydrogen-bond donors (Lipinski definition) is 1. The standard InChI is InChI=1S/C33H35FN6O2/c1-4-25-26(27-19-38(3)33(42)31(36-27)35-24-10-9-21-17-37(2)18-22(21)13-24)15-23(34)16-29(25)40-12-11-39-28-8-6-5-7-20(28)14-30(39)32(40)41/h9-10,13-16,19H,4-8,11-12,17-18H2,1-3H3,(H,35,36). The molecule has 0 atom stereocenters. The van der Waals surface area contributed by atoms with Gasteiger partial charge in [-0.2, -0.15) is 0 Å². The van der Waals surface area contributed by atoms with Crippen molar-refractivity contribution in [1.82, 2.24) is 19.0 Å². The normalized spacial score (nSPS) is 16.4. The molecule has 7 rings (SSSR count). The molecule has 42 heavy (non-hydrogen) atoms. The van der Waals surface area contributed by atoms with Crippen molar-refractivity contribution in [2.24, 2.45) is 7.05 Å². The highest BCUT2D eigenvalue weighted by atomic mass is 19.1. The molecular formula is C33H35FN6O2. The molecule has 0 saturated carbocycles. The lowest BCUT2D eigenvalue weighted by Gasteiger charge is -2.32. The minimum atomic E-state index is -0.446. The third-order valence-corrected chi connectivity index (χ3v) is 8.95. The first-order valence-corrected chi connectivity index (χ1v) is 14.8. The molecule has 0 unspecified atom stereocenters. The Hall–Kier alpha value is -4.24. The predicted molar refractivity (Wildman–Crippen MR) is 162 cm³/mol. The molecule has 8 nitrogen and oxygen atoms in total. The Morgan fingerprint density at radius 3 is 2.60 bits per heavy atom. The second kappa shape index (κ2) is 10.2. The van der Waals surface area contributed by atoms with Crippen LogP contribution in [0.4, 0.5) is 21.6 Å². The van der Waals surface area contributed by atoms with Crippen LogP contribution in [0.15, 0.2) is 47.4 Å². The van der Waals surface area contributed by atoms with Crippen molar-refractivity contribution in [3.8, 4) is 11.3 Å². The number of aromatic nitrogens is 3. The topological polar surface area (TPSA) is 75.4 Å². The number of aryl methyl sites for hydroxylation is 2. The second-order valence-corrected chi connectivity index (χ2v) is 11.8. The number of nitrogens with zero attached hydrogens (tertiary/aromatic N) is 5. The fraction of sp³-hybridized carbons (Fsp3) is 0.364. The van der Waals surface area contributed by atoms with Gasteiger partial charge >= 0.3 is 0 Å². The van der Waals surface area contributed by atoms with Crippen molar-refractivity contribution >= 4 is 23.1 Å². The molecule has 0 spiro atoms. The molecule has 0 radical (unpaired) electrons. The smallest absolute Gasteiger partial charge is 0.293 e. The monoisotopic (exact) mass is 566 g/mol. The first kappa shape index (κ1) is 26.6. The Labute approximate surface area is 244 Å². The summed E-state index contributed by atoms with van der Waals surface area (Å²) in [5, 5.41) is 3.22. The van der Waals surface area contributed by atoms with Crippen LogP contribution in [0, 0.1) is 5.82 Å². The molecule has 0 bridgehead atoms. The third-order valence-electron chi connectivity index (χ3n) is 8.95. The highest BCUT2D eigenvalue weighted by Crippen LogP contribution is 2.36. The fourth-order valence-electron chi connectivity index (χ4n) is 6.93. The summed E-state index contributed by atoms with van der Waals surface area (Å²) in [5.74, 6) is -0.371. The highest BCUT2D eigenvalue weighted by molar-refractivity contribution is 6.07. The number of halogens is 1. The van der Waals surface area contributed by atoms with Crippen LogP contribution in [0.1, 0.15) is 58.2 Å². The van der Waals surface area contributed by atoms with Crippen molar-refractivity contribution in [1.29, 1.82) is 0 Å². The molecule has 4 heterocycles. The Bertz CT molecular complexity index is 1810. The van der Waals surface area contributed by atoms with Gasteiger partial charge in [0.2, 0.25) is 0 Å². The van der Waals surface area contributed by atoms with Crippen LogP contribution in [0.5, 0.6) is 0 Å². The van der Waals surface area contributed by atoms with Crippen molar-refractivity contribution in [2.75, 3.05) is 23.8 Å². The van der Waals surface area contributed by atoms with Gasteiger partial charge in [-0.05, 0) is 91.7 Å². The molecule has 1 N–H and O–H groups in total. The minimum Gasteiger partial charge on any atom is -0.339 e. The third kappa shape index (κ3) is 4.43. The summed E-state index contributed by atoms with van der Waals surface area (Å²) in [6.45, 7) is 4.92. The molecule has 1 aliphatic carbocycles. The maximum atomic E-state index is 15.3. The van der Waals surface area contributed by atoms with Gasteiger partial charge in [-0.25, -0.2) is 9.37 Å². The highest BCUT2D eigenvalue weighted by Gasteiger charge is 2.32. The lowest BCUT2D eigenvalue weighted by Crippen LogP contribution is -2.41. The number of carbonyl (C=O) groups excluding carboxylic acids is 1. The van der Waals surface area contributed by atoms with Crippen molar-refractivity contribution in [2.45, 2.75) is 58.7 Å². The number of carbonyl (C=O) groups is 1. The summed E-state index contributed by atoms with van der Waals surface area (Å²) in [7, 11) is 3.75. The zero-order valence-electron chi connectivity index (χ0n) is 24.3. The van der Waals surface area contributed by atoms with Gasteiger partial charge in [-0.3, -0.25) is 14.5 Å². The maximum Gasteiger partial charge on any atom is 0.293 e. The van der Waals surface area contributed by atoms with E-state index in [1.54, 1.807) is 18.1 Å². The second-order valence-electron chi connectivity index (χ2n) is 11.8. The van der Waals surface area contributed by atoms with Gasteiger partial charge in [0.25, 0.3) is 11.5 Å². The van der Waals surface area contributed by atoms with Crippen LogP contribution in [0.2, 0.25) is 0 Å². The largest absolute Gasteiger partial charge is 0.339 e. The SMILES string of the molecule is CCc1c(-c2cn(C)c(=O)c(Nc3ccc4c(c3)CN(C)C4)n2)cc(F)cc1N1CCn2c(cc3c2CCCC3)C1=O. The molecular weight excluding hydrogens is 531 g/mol. The summed E-state index contributed by atoms with van der Waals surface area (Å²) in [6.07, 6.45) is 6.51. The van der Waals surface area contributed by atoms with E-state index in [2.05, 4.69) is 34.0 Å². The van der Waals surface area contributed by atoms with Gasteiger partial charge in [-0.1, -0.05) is 13.0 Å². The Kier molecular flexibility index (Phi) is 6.50. The summed E-state index contributed by atoms with van der Waals surface area (Å²) in [5.41, 5.74) is 8.69. The van der Waals surface area contributed by atoms with Gasteiger partial charge in [-0.15, -0.1) is 0 Å². The van der Waals surface area contributed by atoms with Crippen molar-refractivity contribution in [3.05, 3.63) is 92.4 Å². The summed E-state index contributed by atoms with van der Waals surface area (Å²) in [4.78, 5) is 35.6. The van der Waals surface area contributed by atoms with Crippen molar-refractivity contribution in [3.63, 3.8) is 0 Å². The zero-order chi connectivity index (χ0) is 29.1. The quantitative estimate of drug-likeness (QED) is 0.361. The first-order chi connectivity index (χ1) is 20.3. The van der Waals surface area contributed by atoms with Crippen LogP contribution < -0.4 is 15.8 Å². The predicted octanol–water partition coefficient (Wildman–Crippen LogP) is 5.18. The number of hydrogen-bond acceptors (Lipinski definition) is 5. The van der Waals surface area contributed by atoms with E-state index in [1.165, 1.54) is 39.1 Å². The summed E-state index contributed by atoms with van der Waals surface area (Å²) in [6, 6.07) is 11.0. The molecule has 0 fully saturated rings. The van der Waals surface area contributed by atoms with Crippen molar-refractivity contribution < 1.29 is 9.18 Å². The molecule has 9 heteroatoms. The van der Waals surface area contributed by atoms with Crippen LogP contribution in [0.3, 0.4) is 0 Å². The van der Waals surface area contributed by atoms with E-state index < -0.39 is 5.82 Å². The van der Waals surface area contributed by atoms with Crippen LogP contribution in [-0.4, -0.2) is 38.5 Å². The Balaban J connectivity index is 1.27. The Morgan fingerprint density at radius 2 is 1.76 bits per heavy atom. The maximum absolute atomic E-state index is 15.3. The number of benzene rings is 2. The average molecular weight is 567 g/mol. The van der Waals surface area contributed by atoms with Gasteiger partial charge < -0.3 is 19.4 Å². The lowest BCUT2D eigenvalue weighted by molar-refractivity contribution is 0.0964. The van der Waals surface area contributed by atoms with Gasteiger partial charge in [0.05, 0.1) is 11.4 Å². The van der Waals surface area contributed by atoms with E-state index in [0.29, 0.717) is 42.1 Å². The molecule has 0 saturated heterocycles. The number of amides is 1. The summed E-state index contributed by atoms with van der Waals surface area (Å²) >= 11 is 0. The van der Waals surface area contributed by atoms with Crippen LogP contribution in [-0.2, 0) is 45.9 Å². The van der Waals surface area contributed by atoms with Gasteiger partial charge in [0.15, 0.2) is 5.82 Å². The molecule has 2 aromatic heterocycles. The number of nitrogens with one attached hydrogen (secondary N) is 1. The van der Waals surface area contributed by atoms with Crippen LogP contribution >= 0.6 is 0 Å². The van der Waals surface area contributed by atoms with E-state index in [9.17, 15) is 9.59 Å². The first-order valence-electron chi connectivity index (χ1n) is 14.8. The zero-order valence-corrected chi connectivity index (χ0v) is 24.3. The van der Waals surface area contributed by atoms with E-state index in [0.717, 1.165) is 50.0 Å². The van der Waals surface area contributed by atoms with E-state index in [-0.39, 0.29) is 17.3 Å². The number of fused-ring (bicyclic) bond motifs is 4. The minimum absolute atomic E-state index is 0.0973. The van der Waals surface area contributed by atoms with Gasteiger partial charge in [0, 0.05) is 56.4 Å². The van der Waals surface area contributed by atoms with E-state index >= 15 is 4.39 Å². The Morgan fingerprint density at radius 1 is 0.952 bits per heavy atom. The van der Waals surface area contributed by atoms with Crippen LogP contribution in [0.25, 0.3) is 11.3 Å². The number of anilines is 3. The molecule has 2 aromatic carbocycles.